The van der Waals surface area contributed by atoms with Crippen LogP contribution in [-0.4, -0.2) is 27.6 Å². The molecule has 1 aromatic carbocycles. The Bertz CT molecular complexity index is 314. The fraction of sp³-hybridized carbons (Fsp3) is 0.364. The molecule has 0 unspecified atom stereocenters. The topological polar surface area (TPSA) is 44.8 Å². The molecule has 0 amide bonds. The Morgan fingerprint density at radius 1 is 1.07 bits per heavy atom. The number of ether oxygens (including phenoxy) is 3. The lowest BCUT2D eigenvalue weighted by Gasteiger charge is -2.24. The third-order valence-electron chi connectivity index (χ3n) is 2.25. The second-order valence-electron chi connectivity index (χ2n) is 2.92. The molecule has 1 rings (SSSR count). The van der Waals surface area contributed by atoms with Gasteiger partial charge in [0.15, 0.2) is 6.29 Å². The van der Waals surface area contributed by atoms with Gasteiger partial charge in [-0.05, 0) is 24.3 Å². The average molecular weight is 210 g/mol. The highest BCUT2D eigenvalue weighted by atomic mass is 16.7. The predicted molar refractivity (Wildman–Crippen MR) is 54.8 cm³/mol. The first-order valence-electron chi connectivity index (χ1n) is 4.43. The van der Waals surface area contributed by atoms with Crippen LogP contribution in [-0.2, 0) is 20.1 Å². The molecule has 0 fully saturated rings. The Morgan fingerprint density at radius 3 is 1.93 bits per heavy atom. The van der Waals surface area contributed by atoms with E-state index in [0.717, 1.165) is 0 Å². The Balaban J connectivity index is 3.06. The van der Waals surface area contributed by atoms with Crippen molar-refractivity contribution in [1.29, 1.82) is 0 Å². The third kappa shape index (κ3) is 2.16. The van der Waals surface area contributed by atoms with E-state index >= 15 is 0 Å². The minimum Gasteiger partial charge on any atom is -0.497 e. The summed E-state index contributed by atoms with van der Waals surface area (Å²) >= 11 is 0. The van der Waals surface area contributed by atoms with Gasteiger partial charge in [-0.15, -0.1) is 0 Å². The van der Waals surface area contributed by atoms with Crippen LogP contribution in [0.3, 0.4) is 0 Å². The van der Waals surface area contributed by atoms with Gasteiger partial charge in [0, 0.05) is 19.8 Å². The Labute approximate surface area is 88.8 Å². The summed E-state index contributed by atoms with van der Waals surface area (Å²) in [7, 11) is 4.42. The quantitative estimate of drug-likeness (QED) is 0.543. The molecule has 0 radical (unpaired) electrons. The van der Waals surface area contributed by atoms with Gasteiger partial charge in [-0.3, -0.25) is 4.79 Å². The van der Waals surface area contributed by atoms with Gasteiger partial charge in [0.05, 0.1) is 7.11 Å². The van der Waals surface area contributed by atoms with E-state index in [9.17, 15) is 4.79 Å². The van der Waals surface area contributed by atoms with Crippen LogP contribution in [0.1, 0.15) is 5.56 Å². The van der Waals surface area contributed by atoms with Gasteiger partial charge < -0.3 is 14.2 Å². The maximum absolute atomic E-state index is 11.0. The normalized spacial score (nSPS) is 11.1. The van der Waals surface area contributed by atoms with Crippen molar-refractivity contribution < 1.29 is 19.0 Å². The Kier molecular flexibility index (Phi) is 3.82. The number of hydrogen-bond acceptors (Lipinski definition) is 4. The minimum absolute atomic E-state index is 0.620. The molecule has 0 heterocycles. The van der Waals surface area contributed by atoms with E-state index in [1.807, 2.05) is 0 Å². The fourth-order valence-corrected chi connectivity index (χ4v) is 1.31. The molecule has 82 valence electrons. The molecule has 4 nitrogen and oxygen atoms in total. The highest BCUT2D eigenvalue weighted by Gasteiger charge is 2.31. The van der Waals surface area contributed by atoms with Crippen LogP contribution in [0.4, 0.5) is 0 Å². The van der Waals surface area contributed by atoms with E-state index in [2.05, 4.69) is 0 Å². The van der Waals surface area contributed by atoms with Gasteiger partial charge in [-0.25, -0.2) is 0 Å². The van der Waals surface area contributed by atoms with Crippen LogP contribution >= 0.6 is 0 Å². The average Bonchev–Trinajstić information content (AvgIpc) is 2.33. The first-order chi connectivity index (χ1) is 7.22. The summed E-state index contributed by atoms with van der Waals surface area (Å²) in [5.74, 6) is -0.613. The van der Waals surface area contributed by atoms with Crippen LogP contribution in [0.5, 0.6) is 5.75 Å². The van der Waals surface area contributed by atoms with Gasteiger partial charge >= 0.3 is 0 Å². The van der Waals surface area contributed by atoms with Gasteiger partial charge in [0.25, 0.3) is 5.79 Å². The number of benzene rings is 1. The maximum Gasteiger partial charge on any atom is 0.252 e. The zero-order chi connectivity index (χ0) is 11.3. The Hall–Kier alpha value is -1.39. The smallest absolute Gasteiger partial charge is 0.252 e. The standard InChI is InChI=1S/C11H14O4/c1-13-10-6-4-9(5-7-10)11(8-12,14-2)15-3/h4-8H,1-3H3. The monoisotopic (exact) mass is 210 g/mol. The lowest BCUT2D eigenvalue weighted by Crippen LogP contribution is -2.32. The first kappa shape index (κ1) is 11.7. The molecule has 0 bridgehead atoms. The van der Waals surface area contributed by atoms with Crippen LogP contribution in [0.2, 0.25) is 0 Å². The minimum atomic E-state index is -1.33. The summed E-state index contributed by atoms with van der Waals surface area (Å²) in [6.07, 6.45) is 0.620. The highest BCUT2D eigenvalue weighted by molar-refractivity contribution is 5.64. The molecule has 0 aliphatic rings. The van der Waals surface area contributed by atoms with Crippen molar-refractivity contribution in [2.45, 2.75) is 5.79 Å². The molecule has 0 saturated heterocycles. The maximum atomic E-state index is 11.0. The summed E-state index contributed by atoms with van der Waals surface area (Å²) in [4.78, 5) is 11.0. The molecule has 0 atom stereocenters. The molecule has 0 aliphatic heterocycles. The summed E-state index contributed by atoms with van der Waals surface area (Å²) in [5, 5.41) is 0. The highest BCUT2D eigenvalue weighted by Crippen LogP contribution is 2.25. The number of carbonyl (C=O) groups is 1. The molecular weight excluding hydrogens is 196 g/mol. The second-order valence-corrected chi connectivity index (χ2v) is 2.92. The van der Waals surface area contributed by atoms with Crippen LogP contribution in [0.25, 0.3) is 0 Å². The van der Waals surface area contributed by atoms with E-state index in [1.54, 1.807) is 31.4 Å². The van der Waals surface area contributed by atoms with Crippen molar-refractivity contribution in [2.75, 3.05) is 21.3 Å². The molecular formula is C11H14O4. The third-order valence-corrected chi connectivity index (χ3v) is 2.25. The Morgan fingerprint density at radius 2 is 1.60 bits per heavy atom. The lowest BCUT2D eigenvalue weighted by atomic mass is 10.1. The molecule has 4 heteroatoms. The van der Waals surface area contributed by atoms with Gasteiger partial charge in [0.1, 0.15) is 5.75 Å². The van der Waals surface area contributed by atoms with E-state index in [0.29, 0.717) is 17.6 Å². The van der Waals surface area contributed by atoms with Crippen LogP contribution in [0, 0.1) is 0 Å². The van der Waals surface area contributed by atoms with Crippen molar-refractivity contribution in [2.24, 2.45) is 0 Å². The zero-order valence-electron chi connectivity index (χ0n) is 9.02. The summed E-state index contributed by atoms with van der Waals surface area (Å²) in [5.41, 5.74) is 0.628. The van der Waals surface area contributed by atoms with E-state index in [-0.39, 0.29) is 0 Å². The molecule has 0 spiro atoms. The van der Waals surface area contributed by atoms with Crippen molar-refractivity contribution >= 4 is 6.29 Å². The summed E-state index contributed by atoms with van der Waals surface area (Å²) in [6, 6.07) is 6.93. The molecule has 0 saturated carbocycles. The van der Waals surface area contributed by atoms with Crippen molar-refractivity contribution in [3.05, 3.63) is 29.8 Å². The van der Waals surface area contributed by atoms with Gasteiger partial charge in [-0.1, -0.05) is 0 Å². The lowest BCUT2D eigenvalue weighted by molar-refractivity contribution is -0.201. The molecule has 0 N–H and O–H groups in total. The van der Waals surface area contributed by atoms with E-state index in [1.165, 1.54) is 14.2 Å². The molecule has 0 aromatic heterocycles. The summed E-state index contributed by atoms with van der Waals surface area (Å²) < 4.78 is 15.1. The number of aldehydes is 1. The molecule has 15 heavy (non-hydrogen) atoms. The van der Waals surface area contributed by atoms with Crippen molar-refractivity contribution in [3.63, 3.8) is 0 Å². The van der Waals surface area contributed by atoms with Crippen LogP contribution < -0.4 is 4.74 Å². The molecule has 0 aliphatic carbocycles. The van der Waals surface area contributed by atoms with E-state index in [4.69, 9.17) is 14.2 Å². The number of rotatable bonds is 5. The summed E-state index contributed by atoms with van der Waals surface area (Å²) in [6.45, 7) is 0. The van der Waals surface area contributed by atoms with Gasteiger partial charge in [-0.2, -0.15) is 0 Å². The predicted octanol–water partition coefficient (Wildman–Crippen LogP) is 1.34. The SMILES string of the molecule is COc1ccc(C(C=O)(OC)OC)cc1. The first-order valence-corrected chi connectivity index (χ1v) is 4.43. The number of methoxy groups -OCH3 is 3. The number of hydrogen-bond donors (Lipinski definition) is 0. The second kappa shape index (κ2) is 4.91. The van der Waals surface area contributed by atoms with Crippen LogP contribution in [0.15, 0.2) is 24.3 Å². The number of carbonyl (C=O) groups excluding carboxylic acids is 1. The van der Waals surface area contributed by atoms with Gasteiger partial charge in [0.2, 0.25) is 0 Å². The largest absolute Gasteiger partial charge is 0.497 e. The van der Waals surface area contributed by atoms with E-state index < -0.39 is 5.79 Å². The van der Waals surface area contributed by atoms with Crippen molar-refractivity contribution in [3.8, 4) is 5.75 Å². The fourth-order valence-electron chi connectivity index (χ4n) is 1.31. The zero-order valence-corrected chi connectivity index (χ0v) is 9.02. The molecule has 1 aromatic rings. The van der Waals surface area contributed by atoms with Crippen molar-refractivity contribution in [1.82, 2.24) is 0 Å².